The Hall–Kier alpha value is -2.48. The predicted octanol–water partition coefficient (Wildman–Crippen LogP) is 3.03. The van der Waals surface area contributed by atoms with Crippen LogP contribution in [0.5, 0.6) is 0 Å². The van der Waals surface area contributed by atoms with Gasteiger partial charge >= 0.3 is 0 Å². The van der Waals surface area contributed by atoms with Crippen LogP contribution in [0.25, 0.3) is 0 Å². The Morgan fingerprint density at radius 2 is 1.78 bits per heavy atom. The molecule has 2 rings (SSSR count). The molecule has 0 bridgehead atoms. The number of anilines is 2. The molecule has 2 N–H and O–H groups in total. The number of nitrogens with one attached hydrogen (secondary N) is 2. The average Bonchev–Trinajstić information content (AvgIpc) is 2.44. The molecule has 0 aliphatic rings. The van der Waals surface area contributed by atoms with Crippen LogP contribution in [0.4, 0.5) is 20.2 Å². The molecule has 0 aliphatic heterocycles. The number of amides is 1. The molecule has 2 aromatic rings. The maximum atomic E-state index is 13.6. The quantitative estimate of drug-likeness (QED) is 0.898. The lowest BCUT2D eigenvalue weighted by Crippen LogP contribution is -2.15. The largest absolute Gasteiger partial charge is 0.324 e. The summed E-state index contributed by atoms with van der Waals surface area (Å²) >= 11 is 0. The van der Waals surface area contributed by atoms with Gasteiger partial charge < -0.3 is 5.32 Å². The van der Waals surface area contributed by atoms with Gasteiger partial charge in [-0.05, 0) is 42.8 Å². The smallest absolute Gasteiger partial charge is 0.262 e. The van der Waals surface area contributed by atoms with E-state index >= 15 is 0 Å². The van der Waals surface area contributed by atoms with Gasteiger partial charge in [0.05, 0.1) is 16.3 Å². The predicted molar refractivity (Wildman–Crippen MR) is 82.6 cm³/mol. The van der Waals surface area contributed by atoms with E-state index in [1.165, 1.54) is 26.0 Å². The standard InChI is InChI=1S/C15H14F2N2O3S/c1-9-3-4-11(16)7-15(9)23(21,22)19-12-5-6-13(17)14(8-12)18-10(2)20/h3-8,19H,1-2H3,(H,18,20). The highest BCUT2D eigenvalue weighted by atomic mass is 32.2. The van der Waals surface area contributed by atoms with E-state index in [0.29, 0.717) is 5.56 Å². The van der Waals surface area contributed by atoms with E-state index in [-0.39, 0.29) is 16.3 Å². The Kier molecular flexibility index (Phi) is 4.65. The SMILES string of the molecule is CC(=O)Nc1cc(NS(=O)(=O)c2cc(F)ccc2C)ccc1F. The molecule has 0 saturated carbocycles. The molecule has 1 amide bonds. The summed E-state index contributed by atoms with van der Waals surface area (Å²) in [6.45, 7) is 2.73. The van der Waals surface area contributed by atoms with Crippen LogP contribution in [0.2, 0.25) is 0 Å². The molecule has 0 spiro atoms. The topological polar surface area (TPSA) is 75.3 Å². The molecule has 23 heavy (non-hydrogen) atoms. The molecular formula is C15H14F2N2O3S. The van der Waals surface area contributed by atoms with E-state index in [1.807, 2.05) is 0 Å². The molecule has 0 unspecified atom stereocenters. The Bertz CT molecular complexity index is 867. The second-order valence-corrected chi connectivity index (χ2v) is 6.54. The molecule has 0 heterocycles. The number of sulfonamides is 1. The summed E-state index contributed by atoms with van der Waals surface area (Å²) in [5, 5.41) is 2.25. The Morgan fingerprint density at radius 1 is 1.09 bits per heavy atom. The third kappa shape index (κ3) is 4.04. The lowest BCUT2D eigenvalue weighted by molar-refractivity contribution is -0.114. The van der Waals surface area contributed by atoms with Gasteiger partial charge in [-0.3, -0.25) is 9.52 Å². The lowest BCUT2D eigenvalue weighted by Gasteiger charge is -2.12. The van der Waals surface area contributed by atoms with Crippen molar-refractivity contribution in [1.82, 2.24) is 0 Å². The van der Waals surface area contributed by atoms with Crippen molar-refractivity contribution in [2.24, 2.45) is 0 Å². The second-order valence-electron chi connectivity index (χ2n) is 4.89. The summed E-state index contributed by atoms with van der Waals surface area (Å²) in [5.41, 5.74) is 0.246. The van der Waals surface area contributed by atoms with Crippen LogP contribution in [0.3, 0.4) is 0 Å². The van der Waals surface area contributed by atoms with Crippen molar-refractivity contribution in [2.75, 3.05) is 10.0 Å². The third-order valence-corrected chi connectivity index (χ3v) is 4.49. The number of hydrogen-bond acceptors (Lipinski definition) is 3. The van der Waals surface area contributed by atoms with Crippen molar-refractivity contribution in [3.63, 3.8) is 0 Å². The first kappa shape index (κ1) is 16.9. The van der Waals surface area contributed by atoms with Gasteiger partial charge in [0.15, 0.2) is 0 Å². The van der Waals surface area contributed by atoms with Crippen LogP contribution in [-0.2, 0) is 14.8 Å². The van der Waals surface area contributed by atoms with Gasteiger partial charge in [-0.1, -0.05) is 6.07 Å². The summed E-state index contributed by atoms with van der Waals surface area (Å²) in [7, 11) is -4.05. The zero-order valence-corrected chi connectivity index (χ0v) is 13.2. The van der Waals surface area contributed by atoms with Crippen LogP contribution >= 0.6 is 0 Å². The molecule has 5 nitrogen and oxygen atoms in total. The van der Waals surface area contributed by atoms with Crippen molar-refractivity contribution in [3.05, 3.63) is 53.6 Å². The van der Waals surface area contributed by atoms with Gasteiger partial charge in [0.25, 0.3) is 10.0 Å². The summed E-state index contributed by atoms with van der Waals surface area (Å²) < 4.78 is 53.7. The Balaban J connectivity index is 2.37. The monoisotopic (exact) mass is 340 g/mol. The fourth-order valence-electron chi connectivity index (χ4n) is 1.95. The highest BCUT2D eigenvalue weighted by molar-refractivity contribution is 7.92. The lowest BCUT2D eigenvalue weighted by atomic mass is 10.2. The first-order valence-electron chi connectivity index (χ1n) is 6.55. The van der Waals surface area contributed by atoms with E-state index in [0.717, 1.165) is 24.3 Å². The number of rotatable bonds is 4. The van der Waals surface area contributed by atoms with E-state index in [9.17, 15) is 22.0 Å². The van der Waals surface area contributed by atoms with Crippen molar-refractivity contribution in [1.29, 1.82) is 0 Å². The molecule has 2 aromatic carbocycles. The van der Waals surface area contributed by atoms with Crippen LogP contribution in [0.15, 0.2) is 41.3 Å². The maximum Gasteiger partial charge on any atom is 0.262 e. The molecule has 0 aliphatic carbocycles. The van der Waals surface area contributed by atoms with Crippen molar-refractivity contribution >= 4 is 27.3 Å². The van der Waals surface area contributed by atoms with Crippen LogP contribution in [0.1, 0.15) is 12.5 Å². The Morgan fingerprint density at radius 3 is 2.43 bits per heavy atom. The zero-order valence-electron chi connectivity index (χ0n) is 12.4. The average molecular weight is 340 g/mol. The molecule has 122 valence electrons. The number of carbonyl (C=O) groups is 1. The first-order valence-corrected chi connectivity index (χ1v) is 8.03. The van der Waals surface area contributed by atoms with Gasteiger partial charge in [0.2, 0.25) is 5.91 Å². The van der Waals surface area contributed by atoms with E-state index in [1.54, 1.807) is 0 Å². The minimum atomic E-state index is -4.05. The molecule has 0 fully saturated rings. The minimum absolute atomic E-state index is 0.0406. The molecular weight excluding hydrogens is 326 g/mol. The number of halogens is 2. The maximum absolute atomic E-state index is 13.6. The molecule has 0 aromatic heterocycles. The van der Waals surface area contributed by atoms with Gasteiger partial charge in [0, 0.05) is 6.92 Å². The fourth-order valence-corrected chi connectivity index (χ4v) is 3.25. The highest BCUT2D eigenvalue weighted by Gasteiger charge is 2.18. The Labute approximate surface area is 132 Å². The summed E-state index contributed by atoms with van der Waals surface area (Å²) in [4.78, 5) is 10.8. The van der Waals surface area contributed by atoms with Gasteiger partial charge in [-0.15, -0.1) is 0 Å². The first-order chi connectivity index (χ1) is 10.7. The van der Waals surface area contributed by atoms with E-state index in [2.05, 4.69) is 10.0 Å². The van der Waals surface area contributed by atoms with Crippen molar-refractivity contribution in [2.45, 2.75) is 18.7 Å². The summed E-state index contributed by atoms with van der Waals surface area (Å²) in [6.07, 6.45) is 0. The van der Waals surface area contributed by atoms with Gasteiger partial charge in [0.1, 0.15) is 11.6 Å². The normalized spacial score (nSPS) is 11.1. The zero-order chi connectivity index (χ0) is 17.2. The van der Waals surface area contributed by atoms with Crippen molar-refractivity contribution < 1.29 is 22.0 Å². The minimum Gasteiger partial charge on any atom is -0.324 e. The number of hydrogen-bond donors (Lipinski definition) is 2. The van der Waals surface area contributed by atoms with Crippen LogP contribution in [0, 0.1) is 18.6 Å². The van der Waals surface area contributed by atoms with Gasteiger partial charge in [-0.2, -0.15) is 0 Å². The second kappa shape index (κ2) is 6.33. The van der Waals surface area contributed by atoms with Crippen LogP contribution < -0.4 is 10.0 Å². The van der Waals surface area contributed by atoms with Crippen LogP contribution in [-0.4, -0.2) is 14.3 Å². The molecule has 0 radical (unpaired) electrons. The summed E-state index contributed by atoms with van der Waals surface area (Å²) in [5.74, 6) is -1.89. The number of benzene rings is 2. The highest BCUT2D eigenvalue weighted by Crippen LogP contribution is 2.24. The van der Waals surface area contributed by atoms with E-state index < -0.39 is 27.6 Å². The van der Waals surface area contributed by atoms with Gasteiger partial charge in [-0.25, -0.2) is 17.2 Å². The fraction of sp³-hybridized carbons (Fsp3) is 0.133. The third-order valence-electron chi connectivity index (χ3n) is 2.97. The number of carbonyl (C=O) groups excluding carboxylic acids is 1. The molecule has 0 atom stereocenters. The summed E-state index contributed by atoms with van der Waals surface area (Å²) in [6, 6.07) is 6.76. The molecule has 8 heteroatoms. The van der Waals surface area contributed by atoms with Crippen molar-refractivity contribution in [3.8, 4) is 0 Å². The molecule has 0 saturated heterocycles. The van der Waals surface area contributed by atoms with E-state index in [4.69, 9.17) is 0 Å². The number of aryl methyl sites for hydroxylation is 1.